The summed E-state index contributed by atoms with van der Waals surface area (Å²) < 4.78 is 0. The minimum atomic E-state index is -0.0646. The van der Waals surface area contributed by atoms with Gasteiger partial charge in [0.15, 0.2) is 0 Å². The Bertz CT molecular complexity index is 181. The highest BCUT2D eigenvalue weighted by Crippen LogP contribution is 1.97. The van der Waals surface area contributed by atoms with Gasteiger partial charge >= 0.3 is 0 Å². The third-order valence-corrected chi connectivity index (χ3v) is 1.83. The average molecular weight is 200 g/mol. The zero-order chi connectivity index (χ0) is 10.8. The van der Waals surface area contributed by atoms with E-state index in [1.807, 2.05) is 0 Å². The number of unbranched alkanes of at least 4 members (excludes halogenated alkanes) is 2. The molecule has 0 fully saturated rings. The van der Waals surface area contributed by atoms with E-state index in [1.54, 1.807) is 0 Å². The normalized spacial score (nSPS) is 9.57. The van der Waals surface area contributed by atoms with Crippen molar-refractivity contribution in [1.82, 2.24) is 10.6 Å². The monoisotopic (exact) mass is 200 g/mol. The molecule has 14 heavy (non-hydrogen) atoms. The van der Waals surface area contributed by atoms with Crippen LogP contribution in [0.1, 0.15) is 39.5 Å². The summed E-state index contributed by atoms with van der Waals surface area (Å²) in [5.41, 5.74) is 0. The highest BCUT2D eigenvalue weighted by atomic mass is 16.2. The van der Waals surface area contributed by atoms with Crippen molar-refractivity contribution in [2.24, 2.45) is 0 Å². The summed E-state index contributed by atoms with van der Waals surface area (Å²) in [5.74, 6) is 0.00836. The van der Waals surface area contributed by atoms with Gasteiger partial charge in [-0.1, -0.05) is 19.8 Å². The summed E-state index contributed by atoms with van der Waals surface area (Å²) in [4.78, 5) is 21.6. The molecule has 0 rings (SSSR count). The number of carbonyl (C=O) groups is 2. The standard InChI is InChI=1S/C10H20N2O2/c1-3-4-5-6-10(14)12-8-7-11-9(2)13/h3-8H2,1-2H3,(H,11,13)(H,12,14). The molecule has 0 aromatic carbocycles. The zero-order valence-electron chi connectivity index (χ0n) is 9.06. The van der Waals surface area contributed by atoms with Gasteiger partial charge in [-0.3, -0.25) is 9.59 Å². The second-order valence-electron chi connectivity index (χ2n) is 3.29. The Morgan fingerprint density at radius 3 is 2.29 bits per heavy atom. The fraction of sp³-hybridized carbons (Fsp3) is 0.800. The largest absolute Gasteiger partial charge is 0.355 e. The molecule has 0 bridgehead atoms. The fourth-order valence-corrected chi connectivity index (χ4v) is 1.06. The molecular weight excluding hydrogens is 180 g/mol. The van der Waals surface area contributed by atoms with Crippen LogP contribution in [0.25, 0.3) is 0 Å². The molecule has 0 radical (unpaired) electrons. The molecule has 4 heteroatoms. The first-order valence-corrected chi connectivity index (χ1v) is 5.18. The van der Waals surface area contributed by atoms with Crippen LogP contribution < -0.4 is 10.6 Å². The summed E-state index contributed by atoms with van der Waals surface area (Å²) >= 11 is 0. The molecule has 4 nitrogen and oxygen atoms in total. The molecule has 0 aliphatic heterocycles. The Kier molecular flexibility index (Phi) is 7.89. The molecule has 2 N–H and O–H groups in total. The van der Waals surface area contributed by atoms with Crippen LogP contribution in [0.4, 0.5) is 0 Å². The molecule has 0 unspecified atom stereocenters. The van der Waals surface area contributed by atoms with Crippen molar-refractivity contribution < 1.29 is 9.59 Å². The summed E-state index contributed by atoms with van der Waals surface area (Å²) in [7, 11) is 0. The van der Waals surface area contributed by atoms with E-state index in [-0.39, 0.29) is 11.8 Å². The van der Waals surface area contributed by atoms with Gasteiger partial charge in [0.05, 0.1) is 0 Å². The molecule has 0 atom stereocenters. The van der Waals surface area contributed by atoms with Crippen LogP contribution in [0.5, 0.6) is 0 Å². The summed E-state index contributed by atoms with van der Waals surface area (Å²) in [6.45, 7) is 4.59. The molecule has 82 valence electrons. The van der Waals surface area contributed by atoms with Crippen molar-refractivity contribution >= 4 is 11.8 Å². The number of rotatable bonds is 7. The van der Waals surface area contributed by atoms with Crippen LogP contribution in [-0.2, 0) is 9.59 Å². The third-order valence-electron chi connectivity index (χ3n) is 1.83. The molecule has 2 amide bonds. The molecule has 0 aromatic rings. The summed E-state index contributed by atoms with van der Waals surface area (Å²) in [5, 5.41) is 5.36. The van der Waals surface area contributed by atoms with Crippen LogP contribution in [0, 0.1) is 0 Å². The predicted octanol–water partition coefficient (Wildman–Crippen LogP) is 0.819. The first-order valence-electron chi connectivity index (χ1n) is 5.18. The van der Waals surface area contributed by atoms with Crippen LogP contribution in [0.15, 0.2) is 0 Å². The number of nitrogens with one attached hydrogen (secondary N) is 2. The van der Waals surface area contributed by atoms with E-state index in [9.17, 15) is 9.59 Å². The van der Waals surface area contributed by atoms with Gasteiger partial charge in [-0.15, -0.1) is 0 Å². The van der Waals surface area contributed by atoms with Crippen molar-refractivity contribution in [1.29, 1.82) is 0 Å². The van der Waals surface area contributed by atoms with Gasteiger partial charge in [0.1, 0.15) is 0 Å². The molecule has 0 saturated heterocycles. The molecule has 0 spiro atoms. The fourth-order valence-electron chi connectivity index (χ4n) is 1.06. The molecule has 0 heterocycles. The van der Waals surface area contributed by atoms with Crippen molar-refractivity contribution in [3.8, 4) is 0 Å². The lowest BCUT2D eigenvalue weighted by Gasteiger charge is -2.04. The maximum Gasteiger partial charge on any atom is 0.220 e. The first kappa shape index (κ1) is 12.9. The quantitative estimate of drug-likeness (QED) is 0.598. The Balaban J connectivity index is 3.22. The van der Waals surface area contributed by atoms with Gasteiger partial charge in [-0.2, -0.15) is 0 Å². The Morgan fingerprint density at radius 1 is 1.07 bits per heavy atom. The van der Waals surface area contributed by atoms with Crippen LogP contribution >= 0.6 is 0 Å². The van der Waals surface area contributed by atoms with Gasteiger partial charge < -0.3 is 10.6 Å². The smallest absolute Gasteiger partial charge is 0.220 e. The lowest BCUT2D eigenvalue weighted by Crippen LogP contribution is -2.33. The number of carbonyl (C=O) groups excluding carboxylic acids is 2. The SMILES string of the molecule is CCCCCC(=O)NCCNC(C)=O. The molecular formula is C10H20N2O2. The molecule has 0 aliphatic carbocycles. The topological polar surface area (TPSA) is 58.2 Å². The average Bonchev–Trinajstić information content (AvgIpc) is 2.13. The van der Waals surface area contributed by atoms with Gasteiger partial charge in [0.25, 0.3) is 0 Å². The lowest BCUT2D eigenvalue weighted by molar-refractivity contribution is -0.122. The number of hydrogen-bond acceptors (Lipinski definition) is 2. The van der Waals surface area contributed by atoms with Crippen LogP contribution in [0.2, 0.25) is 0 Å². The van der Waals surface area contributed by atoms with E-state index in [1.165, 1.54) is 6.92 Å². The zero-order valence-corrected chi connectivity index (χ0v) is 9.06. The first-order chi connectivity index (χ1) is 6.66. The van der Waals surface area contributed by atoms with Crippen molar-refractivity contribution in [3.63, 3.8) is 0 Å². The maximum atomic E-state index is 11.1. The lowest BCUT2D eigenvalue weighted by atomic mass is 10.2. The van der Waals surface area contributed by atoms with Crippen molar-refractivity contribution in [2.45, 2.75) is 39.5 Å². The van der Waals surface area contributed by atoms with Crippen LogP contribution in [-0.4, -0.2) is 24.9 Å². The van der Waals surface area contributed by atoms with E-state index in [4.69, 9.17) is 0 Å². The van der Waals surface area contributed by atoms with E-state index in [2.05, 4.69) is 17.6 Å². The Hall–Kier alpha value is -1.06. The van der Waals surface area contributed by atoms with E-state index < -0.39 is 0 Å². The highest BCUT2D eigenvalue weighted by molar-refractivity contribution is 5.76. The van der Waals surface area contributed by atoms with Gasteiger partial charge in [-0.05, 0) is 6.42 Å². The summed E-state index contributed by atoms with van der Waals surface area (Å²) in [6.07, 6.45) is 3.76. The van der Waals surface area contributed by atoms with E-state index in [0.717, 1.165) is 19.3 Å². The number of amides is 2. The summed E-state index contributed by atoms with van der Waals surface area (Å²) in [6, 6.07) is 0. The van der Waals surface area contributed by atoms with Gasteiger partial charge in [0, 0.05) is 26.4 Å². The molecule has 0 saturated carbocycles. The predicted molar refractivity (Wildman–Crippen MR) is 55.8 cm³/mol. The minimum absolute atomic E-state index is 0.0646. The minimum Gasteiger partial charge on any atom is -0.355 e. The Morgan fingerprint density at radius 2 is 1.71 bits per heavy atom. The second kappa shape index (κ2) is 8.53. The van der Waals surface area contributed by atoms with E-state index in [0.29, 0.717) is 19.5 Å². The molecule has 0 aliphatic rings. The second-order valence-corrected chi connectivity index (χ2v) is 3.29. The van der Waals surface area contributed by atoms with Gasteiger partial charge in [0.2, 0.25) is 11.8 Å². The van der Waals surface area contributed by atoms with Crippen molar-refractivity contribution in [3.05, 3.63) is 0 Å². The highest BCUT2D eigenvalue weighted by Gasteiger charge is 1.99. The Labute approximate surface area is 85.4 Å². The van der Waals surface area contributed by atoms with E-state index >= 15 is 0 Å². The maximum absolute atomic E-state index is 11.1. The van der Waals surface area contributed by atoms with Crippen molar-refractivity contribution in [2.75, 3.05) is 13.1 Å². The molecule has 0 aromatic heterocycles. The third kappa shape index (κ3) is 9.03. The van der Waals surface area contributed by atoms with Crippen LogP contribution in [0.3, 0.4) is 0 Å². The number of hydrogen-bond donors (Lipinski definition) is 2. The van der Waals surface area contributed by atoms with Gasteiger partial charge in [-0.25, -0.2) is 0 Å².